The Labute approximate surface area is 177 Å². The molecule has 30 heavy (non-hydrogen) atoms. The highest BCUT2D eigenvalue weighted by Crippen LogP contribution is 2.34. The molecule has 2 heterocycles. The number of aliphatic carboxylic acids is 1. The number of aromatic nitrogens is 2. The monoisotopic (exact) mass is 412 g/mol. The van der Waals surface area contributed by atoms with Gasteiger partial charge in [-0.15, -0.1) is 0 Å². The van der Waals surface area contributed by atoms with E-state index in [4.69, 9.17) is 9.90 Å². The molecule has 0 radical (unpaired) electrons. The first-order valence-corrected chi connectivity index (χ1v) is 10.8. The maximum atomic E-state index is 13.0. The van der Waals surface area contributed by atoms with E-state index in [1.807, 2.05) is 12.4 Å². The van der Waals surface area contributed by atoms with Crippen LogP contribution in [0.25, 0.3) is 11.1 Å². The van der Waals surface area contributed by atoms with Crippen LogP contribution in [0.4, 0.5) is 0 Å². The van der Waals surface area contributed by atoms with E-state index < -0.39 is 5.97 Å². The molecule has 4 N–H and O–H groups in total. The van der Waals surface area contributed by atoms with Crippen LogP contribution >= 0.6 is 0 Å². The maximum absolute atomic E-state index is 13.0. The second kappa shape index (κ2) is 10.4. The number of carboxylic acid groups (broad SMARTS) is 1. The number of hydrogen-bond donors (Lipinski definition) is 4. The standard InChI is InChI=1S/C21H28N4O.C2H4O2/c26-20(17-4-2-1-3-5-17)25-21(10-12-22-13-11-21)19-8-6-16(7-9-19)18-14-23-24-15-18;1-2(3)4/h6-9,14-15,17,22H,1-5,10-13H2,(H,23,24)(H,25,26);1H3,(H,3,4). The fourth-order valence-corrected chi connectivity index (χ4v) is 4.43. The van der Waals surface area contributed by atoms with Gasteiger partial charge in [0.2, 0.25) is 5.91 Å². The van der Waals surface area contributed by atoms with Crippen LogP contribution in [0.5, 0.6) is 0 Å². The molecule has 0 unspecified atom stereocenters. The van der Waals surface area contributed by atoms with Crippen LogP contribution in [0, 0.1) is 5.92 Å². The predicted octanol–water partition coefficient (Wildman–Crippen LogP) is 3.44. The Hall–Kier alpha value is -2.67. The van der Waals surface area contributed by atoms with E-state index in [2.05, 4.69) is 45.1 Å². The molecule has 2 aromatic rings. The zero-order valence-electron chi connectivity index (χ0n) is 17.6. The molecule has 4 rings (SSSR count). The number of H-pyrrole nitrogens is 1. The van der Waals surface area contributed by atoms with Crippen molar-refractivity contribution in [2.24, 2.45) is 5.92 Å². The molecule has 0 atom stereocenters. The second-order valence-electron chi connectivity index (χ2n) is 8.24. The summed E-state index contributed by atoms with van der Waals surface area (Å²) >= 11 is 0. The van der Waals surface area contributed by atoms with Crippen molar-refractivity contribution in [1.82, 2.24) is 20.8 Å². The fraction of sp³-hybridized carbons (Fsp3) is 0.522. The summed E-state index contributed by atoms with van der Waals surface area (Å²) in [5.74, 6) is -0.383. The maximum Gasteiger partial charge on any atom is 0.300 e. The Kier molecular flexibility index (Phi) is 7.63. The molecular weight excluding hydrogens is 380 g/mol. The van der Waals surface area contributed by atoms with E-state index in [9.17, 15) is 4.79 Å². The molecule has 0 spiro atoms. The average molecular weight is 413 g/mol. The Morgan fingerprint density at radius 1 is 1.07 bits per heavy atom. The van der Waals surface area contributed by atoms with Crippen molar-refractivity contribution in [2.75, 3.05) is 13.1 Å². The molecule has 7 heteroatoms. The number of carbonyl (C=O) groups is 2. The van der Waals surface area contributed by atoms with Crippen molar-refractivity contribution in [2.45, 2.75) is 57.4 Å². The Morgan fingerprint density at radius 2 is 1.70 bits per heavy atom. The molecule has 0 bridgehead atoms. The molecular formula is C23H32N4O3. The van der Waals surface area contributed by atoms with Gasteiger partial charge in [0.05, 0.1) is 11.7 Å². The molecule has 2 aliphatic rings. The molecule has 2 fully saturated rings. The molecule has 1 saturated heterocycles. The Morgan fingerprint density at radius 3 is 2.27 bits per heavy atom. The fourth-order valence-electron chi connectivity index (χ4n) is 4.43. The smallest absolute Gasteiger partial charge is 0.300 e. The van der Waals surface area contributed by atoms with Gasteiger partial charge in [0.1, 0.15) is 0 Å². The third-order valence-electron chi connectivity index (χ3n) is 6.06. The summed E-state index contributed by atoms with van der Waals surface area (Å²) in [5.41, 5.74) is 3.21. The molecule has 1 aliphatic heterocycles. The van der Waals surface area contributed by atoms with Crippen molar-refractivity contribution in [3.8, 4) is 11.1 Å². The van der Waals surface area contributed by atoms with Crippen LogP contribution in [0.15, 0.2) is 36.7 Å². The molecule has 1 aliphatic carbocycles. The van der Waals surface area contributed by atoms with Gasteiger partial charge in [0, 0.05) is 24.6 Å². The number of hydrogen-bond acceptors (Lipinski definition) is 4. The molecule has 1 saturated carbocycles. The second-order valence-corrected chi connectivity index (χ2v) is 8.24. The number of carbonyl (C=O) groups excluding carboxylic acids is 1. The van der Waals surface area contributed by atoms with E-state index in [-0.39, 0.29) is 17.4 Å². The minimum atomic E-state index is -0.833. The van der Waals surface area contributed by atoms with E-state index in [0.29, 0.717) is 0 Å². The van der Waals surface area contributed by atoms with Gasteiger partial charge >= 0.3 is 0 Å². The third-order valence-corrected chi connectivity index (χ3v) is 6.06. The lowest BCUT2D eigenvalue weighted by molar-refractivity contribution is -0.134. The first-order chi connectivity index (χ1) is 14.5. The summed E-state index contributed by atoms with van der Waals surface area (Å²) in [4.78, 5) is 22.0. The number of nitrogens with zero attached hydrogens (tertiary/aromatic N) is 1. The molecule has 1 amide bonds. The number of carboxylic acids is 1. The lowest BCUT2D eigenvalue weighted by Crippen LogP contribution is -2.53. The highest BCUT2D eigenvalue weighted by Gasteiger charge is 2.37. The van der Waals surface area contributed by atoms with Gasteiger partial charge in [0.25, 0.3) is 5.97 Å². The summed E-state index contributed by atoms with van der Waals surface area (Å²) in [6.45, 7) is 2.96. The Balaban J connectivity index is 0.000000589. The van der Waals surface area contributed by atoms with E-state index >= 15 is 0 Å². The SMILES string of the molecule is CC(=O)O.O=C(NC1(c2ccc(-c3cn[nH]c3)cc2)CCNCC1)C1CCCCC1. The van der Waals surface area contributed by atoms with Crippen molar-refractivity contribution < 1.29 is 14.7 Å². The van der Waals surface area contributed by atoms with Crippen LogP contribution in [-0.2, 0) is 15.1 Å². The number of aromatic amines is 1. The van der Waals surface area contributed by atoms with Crippen molar-refractivity contribution in [1.29, 1.82) is 0 Å². The number of rotatable bonds is 4. The van der Waals surface area contributed by atoms with Gasteiger partial charge in [-0.3, -0.25) is 14.7 Å². The van der Waals surface area contributed by atoms with Crippen LogP contribution < -0.4 is 10.6 Å². The first-order valence-electron chi connectivity index (χ1n) is 10.8. The summed E-state index contributed by atoms with van der Waals surface area (Å²) < 4.78 is 0. The highest BCUT2D eigenvalue weighted by atomic mass is 16.4. The lowest BCUT2D eigenvalue weighted by Gasteiger charge is -2.40. The minimum absolute atomic E-state index is 0.195. The summed E-state index contributed by atoms with van der Waals surface area (Å²) in [6.07, 6.45) is 11.3. The largest absolute Gasteiger partial charge is 0.481 e. The van der Waals surface area contributed by atoms with Gasteiger partial charge in [0.15, 0.2) is 0 Å². The molecule has 1 aromatic carbocycles. The number of nitrogens with one attached hydrogen (secondary N) is 3. The predicted molar refractivity (Wildman–Crippen MR) is 116 cm³/mol. The normalized spacial score (nSPS) is 18.7. The zero-order chi connectivity index (χ0) is 21.4. The first kappa shape index (κ1) is 22.0. The van der Waals surface area contributed by atoms with Crippen molar-refractivity contribution >= 4 is 11.9 Å². The van der Waals surface area contributed by atoms with Crippen LogP contribution in [0.1, 0.15) is 57.4 Å². The third kappa shape index (κ3) is 5.69. The summed E-state index contributed by atoms with van der Waals surface area (Å²) in [5, 5.41) is 21.2. The van der Waals surface area contributed by atoms with E-state index in [1.54, 1.807) is 0 Å². The van der Waals surface area contributed by atoms with Crippen molar-refractivity contribution in [3.05, 3.63) is 42.2 Å². The molecule has 1 aromatic heterocycles. The summed E-state index contributed by atoms with van der Waals surface area (Å²) in [7, 11) is 0. The number of piperidine rings is 1. The van der Waals surface area contributed by atoms with Crippen molar-refractivity contribution in [3.63, 3.8) is 0 Å². The van der Waals surface area contributed by atoms with Gasteiger partial charge in [-0.05, 0) is 49.9 Å². The Bertz CT molecular complexity index is 801. The number of benzene rings is 1. The summed E-state index contributed by atoms with van der Waals surface area (Å²) in [6, 6.07) is 8.62. The quantitative estimate of drug-likeness (QED) is 0.615. The van der Waals surface area contributed by atoms with Crippen LogP contribution in [0.2, 0.25) is 0 Å². The number of amides is 1. The van der Waals surface area contributed by atoms with Crippen LogP contribution in [0.3, 0.4) is 0 Å². The van der Waals surface area contributed by atoms with Gasteiger partial charge < -0.3 is 15.7 Å². The van der Waals surface area contributed by atoms with Gasteiger partial charge in [-0.2, -0.15) is 5.10 Å². The average Bonchev–Trinajstić information content (AvgIpc) is 3.30. The lowest BCUT2D eigenvalue weighted by atomic mass is 9.79. The molecule has 162 valence electrons. The van der Waals surface area contributed by atoms with Gasteiger partial charge in [-0.25, -0.2) is 0 Å². The van der Waals surface area contributed by atoms with Gasteiger partial charge in [-0.1, -0.05) is 43.5 Å². The highest BCUT2D eigenvalue weighted by molar-refractivity contribution is 5.80. The van der Waals surface area contributed by atoms with E-state index in [1.165, 1.54) is 24.8 Å². The van der Waals surface area contributed by atoms with E-state index in [0.717, 1.165) is 56.8 Å². The topological polar surface area (TPSA) is 107 Å². The minimum Gasteiger partial charge on any atom is -0.481 e. The van der Waals surface area contributed by atoms with Crippen LogP contribution in [-0.4, -0.2) is 40.3 Å². The zero-order valence-corrected chi connectivity index (χ0v) is 17.6. The molecule has 7 nitrogen and oxygen atoms in total.